The molecular weight excluding hydrogens is 320 g/mol. The Bertz CT molecular complexity index is 757. The molecule has 2 amide bonds. The summed E-state index contributed by atoms with van der Waals surface area (Å²) in [4.78, 5) is 24.9. The van der Waals surface area contributed by atoms with Gasteiger partial charge in [0.2, 0.25) is 5.91 Å². The van der Waals surface area contributed by atoms with Gasteiger partial charge in [-0.25, -0.2) is 0 Å². The summed E-state index contributed by atoms with van der Waals surface area (Å²) < 4.78 is 10.7. The molecule has 2 aromatic rings. The number of hydrogen-bond acceptors (Lipinski definition) is 4. The molecule has 0 aliphatic heterocycles. The van der Waals surface area contributed by atoms with Crippen LogP contribution in [0.3, 0.4) is 0 Å². The lowest BCUT2D eigenvalue weighted by molar-refractivity contribution is -0.118. The lowest BCUT2D eigenvalue weighted by Gasteiger charge is -2.15. The van der Waals surface area contributed by atoms with Crippen molar-refractivity contribution in [2.75, 3.05) is 31.0 Å². The third kappa shape index (κ3) is 4.97. The van der Waals surface area contributed by atoms with E-state index in [9.17, 15) is 9.59 Å². The number of hydrogen-bond donors (Lipinski definition) is 1. The van der Waals surface area contributed by atoms with Gasteiger partial charge in [0.15, 0.2) is 6.61 Å². The zero-order valence-corrected chi connectivity index (χ0v) is 14.8. The highest BCUT2D eigenvalue weighted by molar-refractivity contribution is 5.93. The third-order valence-electron chi connectivity index (χ3n) is 3.70. The number of aryl methyl sites for hydroxylation is 1. The second-order valence-corrected chi connectivity index (χ2v) is 5.61. The molecular formula is C19H22N2O4. The minimum Gasteiger partial charge on any atom is -0.495 e. The van der Waals surface area contributed by atoms with Gasteiger partial charge in [-0.15, -0.1) is 0 Å². The monoisotopic (exact) mass is 342 g/mol. The fourth-order valence-electron chi connectivity index (χ4n) is 2.20. The van der Waals surface area contributed by atoms with E-state index in [0.717, 1.165) is 11.3 Å². The topological polar surface area (TPSA) is 67.9 Å². The predicted molar refractivity (Wildman–Crippen MR) is 97.4 cm³/mol. The average Bonchev–Trinajstić information content (AvgIpc) is 2.60. The van der Waals surface area contributed by atoms with Gasteiger partial charge in [-0.05, 0) is 48.9 Å². The Kier molecular flexibility index (Phi) is 6.00. The van der Waals surface area contributed by atoms with Crippen molar-refractivity contribution in [2.45, 2.75) is 13.8 Å². The van der Waals surface area contributed by atoms with E-state index in [-0.39, 0.29) is 18.4 Å². The summed E-state index contributed by atoms with van der Waals surface area (Å²) >= 11 is 0. The highest BCUT2D eigenvalue weighted by Crippen LogP contribution is 2.25. The first-order chi connectivity index (χ1) is 11.9. The first kappa shape index (κ1) is 18.3. The van der Waals surface area contributed by atoms with E-state index < -0.39 is 0 Å². The van der Waals surface area contributed by atoms with Crippen LogP contribution in [0.2, 0.25) is 0 Å². The van der Waals surface area contributed by atoms with E-state index in [1.165, 1.54) is 11.8 Å². The quantitative estimate of drug-likeness (QED) is 0.876. The summed E-state index contributed by atoms with van der Waals surface area (Å²) in [6.07, 6.45) is 0. The highest BCUT2D eigenvalue weighted by Gasteiger charge is 2.09. The molecule has 132 valence electrons. The standard InChI is InChI=1S/C19H22N2O4/c1-13-5-10-18(24-4)17(11-13)20-19(23)12-25-16-8-6-15(7-9-16)21(3)14(2)22/h5-11H,12H2,1-4H3,(H,20,23). The van der Waals surface area contributed by atoms with Crippen molar-refractivity contribution in [1.29, 1.82) is 0 Å². The van der Waals surface area contributed by atoms with Crippen molar-refractivity contribution < 1.29 is 19.1 Å². The van der Waals surface area contributed by atoms with E-state index in [2.05, 4.69) is 5.32 Å². The number of ether oxygens (including phenoxy) is 2. The molecule has 2 aromatic carbocycles. The van der Waals surface area contributed by atoms with E-state index in [4.69, 9.17) is 9.47 Å². The molecule has 0 aromatic heterocycles. The van der Waals surface area contributed by atoms with Crippen LogP contribution < -0.4 is 19.7 Å². The lowest BCUT2D eigenvalue weighted by Crippen LogP contribution is -2.22. The van der Waals surface area contributed by atoms with Crippen LogP contribution in [0.5, 0.6) is 11.5 Å². The Hall–Kier alpha value is -3.02. The molecule has 0 radical (unpaired) electrons. The number of methoxy groups -OCH3 is 1. The number of nitrogens with one attached hydrogen (secondary N) is 1. The van der Waals surface area contributed by atoms with E-state index in [1.54, 1.807) is 44.5 Å². The Morgan fingerprint density at radius 3 is 2.40 bits per heavy atom. The van der Waals surface area contributed by atoms with Gasteiger partial charge >= 0.3 is 0 Å². The summed E-state index contributed by atoms with van der Waals surface area (Å²) in [5.41, 5.74) is 2.38. The zero-order valence-electron chi connectivity index (χ0n) is 14.8. The second-order valence-electron chi connectivity index (χ2n) is 5.61. The van der Waals surface area contributed by atoms with Crippen LogP contribution in [0.4, 0.5) is 11.4 Å². The van der Waals surface area contributed by atoms with Crippen LogP contribution >= 0.6 is 0 Å². The SMILES string of the molecule is COc1ccc(C)cc1NC(=O)COc1ccc(N(C)C(C)=O)cc1. The minimum atomic E-state index is -0.283. The normalized spacial score (nSPS) is 10.1. The smallest absolute Gasteiger partial charge is 0.262 e. The Morgan fingerprint density at radius 2 is 1.80 bits per heavy atom. The Morgan fingerprint density at radius 1 is 1.12 bits per heavy atom. The summed E-state index contributed by atoms with van der Waals surface area (Å²) in [5, 5.41) is 2.78. The number of carbonyl (C=O) groups excluding carboxylic acids is 2. The van der Waals surface area contributed by atoms with Gasteiger partial charge in [-0.1, -0.05) is 6.07 Å². The fourth-order valence-corrected chi connectivity index (χ4v) is 2.20. The molecule has 0 fully saturated rings. The Balaban J connectivity index is 1.94. The van der Waals surface area contributed by atoms with Crippen LogP contribution in [0, 0.1) is 6.92 Å². The van der Waals surface area contributed by atoms with Gasteiger partial charge in [-0.3, -0.25) is 9.59 Å². The Labute approximate surface area is 147 Å². The molecule has 1 N–H and O–H groups in total. The van der Waals surface area contributed by atoms with Crippen molar-refractivity contribution in [3.05, 3.63) is 48.0 Å². The number of nitrogens with zero attached hydrogens (tertiary/aromatic N) is 1. The molecule has 0 atom stereocenters. The van der Waals surface area contributed by atoms with Gasteiger partial charge in [0, 0.05) is 19.7 Å². The maximum atomic E-state index is 12.1. The fraction of sp³-hybridized carbons (Fsp3) is 0.263. The summed E-state index contributed by atoms with van der Waals surface area (Å²) in [7, 11) is 3.25. The van der Waals surface area contributed by atoms with Crippen molar-refractivity contribution in [3.63, 3.8) is 0 Å². The van der Waals surface area contributed by atoms with Crippen LogP contribution in [0.15, 0.2) is 42.5 Å². The molecule has 0 aliphatic rings. The summed E-state index contributed by atoms with van der Waals surface area (Å²) in [6, 6.07) is 12.5. The molecule has 0 heterocycles. The maximum Gasteiger partial charge on any atom is 0.262 e. The van der Waals surface area contributed by atoms with Gasteiger partial charge in [0.25, 0.3) is 5.91 Å². The first-order valence-electron chi connectivity index (χ1n) is 7.82. The van der Waals surface area contributed by atoms with Crippen molar-refractivity contribution in [2.24, 2.45) is 0 Å². The van der Waals surface area contributed by atoms with E-state index >= 15 is 0 Å². The minimum absolute atomic E-state index is 0.0554. The number of amides is 2. The molecule has 0 unspecified atom stereocenters. The molecule has 6 heteroatoms. The van der Waals surface area contributed by atoms with Gasteiger partial charge in [0.05, 0.1) is 12.8 Å². The first-order valence-corrected chi connectivity index (χ1v) is 7.82. The third-order valence-corrected chi connectivity index (χ3v) is 3.70. The predicted octanol–water partition coefficient (Wildman–Crippen LogP) is 3.00. The van der Waals surface area contributed by atoms with Crippen LogP contribution in [0.1, 0.15) is 12.5 Å². The largest absolute Gasteiger partial charge is 0.495 e. The van der Waals surface area contributed by atoms with E-state index in [1.807, 2.05) is 19.1 Å². The van der Waals surface area contributed by atoms with Crippen LogP contribution in [-0.2, 0) is 9.59 Å². The highest BCUT2D eigenvalue weighted by atomic mass is 16.5. The van der Waals surface area contributed by atoms with Gasteiger partial charge < -0.3 is 19.7 Å². The molecule has 25 heavy (non-hydrogen) atoms. The van der Waals surface area contributed by atoms with Crippen molar-refractivity contribution in [3.8, 4) is 11.5 Å². The molecule has 0 bridgehead atoms. The molecule has 6 nitrogen and oxygen atoms in total. The van der Waals surface area contributed by atoms with Crippen LogP contribution in [0.25, 0.3) is 0 Å². The molecule has 0 saturated carbocycles. The molecule has 2 rings (SSSR count). The number of rotatable bonds is 6. The number of benzene rings is 2. The maximum absolute atomic E-state index is 12.1. The van der Waals surface area contributed by atoms with Gasteiger partial charge in [0.1, 0.15) is 11.5 Å². The molecule has 0 saturated heterocycles. The van der Waals surface area contributed by atoms with Crippen molar-refractivity contribution in [1.82, 2.24) is 0 Å². The van der Waals surface area contributed by atoms with E-state index in [0.29, 0.717) is 17.2 Å². The molecule has 0 spiro atoms. The second kappa shape index (κ2) is 8.19. The lowest BCUT2D eigenvalue weighted by atomic mass is 10.2. The summed E-state index contributed by atoms with van der Waals surface area (Å²) in [5.74, 6) is 0.802. The molecule has 0 aliphatic carbocycles. The van der Waals surface area contributed by atoms with Crippen LogP contribution in [-0.4, -0.2) is 32.6 Å². The average molecular weight is 342 g/mol. The number of carbonyl (C=O) groups is 2. The summed E-state index contributed by atoms with van der Waals surface area (Å²) in [6.45, 7) is 3.30. The van der Waals surface area contributed by atoms with Crippen molar-refractivity contribution >= 4 is 23.2 Å². The van der Waals surface area contributed by atoms with Gasteiger partial charge in [-0.2, -0.15) is 0 Å². The number of anilines is 2. The zero-order chi connectivity index (χ0) is 18.4.